The van der Waals surface area contributed by atoms with E-state index in [-0.39, 0.29) is 11.4 Å². The van der Waals surface area contributed by atoms with Gasteiger partial charge in [0.2, 0.25) is 5.70 Å². The molecule has 0 aliphatic rings. The number of nitrogens with two attached hydrogens (primary N) is 1. The molecule has 1 amide bonds. The molecule has 0 atom stereocenters. The van der Waals surface area contributed by atoms with Crippen LogP contribution in [0.15, 0.2) is 84.3 Å². The van der Waals surface area contributed by atoms with E-state index < -0.39 is 23.4 Å². The zero-order chi connectivity index (χ0) is 23.4. The molecule has 0 unspecified atom stereocenters. The van der Waals surface area contributed by atoms with Gasteiger partial charge in [-0.15, -0.1) is 11.3 Å². The van der Waals surface area contributed by atoms with Crippen LogP contribution in [0, 0.1) is 5.41 Å². The van der Waals surface area contributed by atoms with Gasteiger partial charge in [0.1, 0.15) is 16.3 Å². The number of hydrogen-bond acceptors (Lipinski definition) is 5. The normalized spacial score (nSPS) is 12.3. The fraction of sp³-hybridized carbons (Fsp3) is 0.0435. The largest absolute Gasteiger partial charge is 0.468 e. The number of amides is 1. The fourth-order valence-corrected chi connectivity index (χ4v) is 4.05. The summed E-state index contributed by atoms with van der Waals surface area (Å²) >= 11 is 1.41. The first-order chi connectivity index (χ1) is 15.8. The van der Waals surface area contributed by atoms with E-state index in [9.17, 15) is 18.0 Å². The van der Waals surface area contributed by atoms with E-state index >= 15 is 0 Å². The number of alkyl halides is 3. The van der Waals surface area contributed by atoms with Crippen molar-refractivity contribution < 1.29 is 23.3 Å². The van der Waals surface area contributed by atoms with E-state index in [4.69, 9.17) is 5.41 Å². The third-order valence-corrected chi connectivity index (χ3v) is 5.71. The van der Waals surface area contributed by atoms with Crippen molar-refractivity contribution in [2.24, 2.45) is 0 Å². The van der Waals surface area contributed by atoms with Crippen molar-refractivity contribution in [1.82, 2.24) is 9.97 Å². The number of aromatic nitrogens is 2. The van der Waals surface area contributed by atoms with Gasteiger partial charge in [0.25, 0.3) is 5.91 Å². The van der Waals surface area contributed by atoms with Crippen molar-refractivity contribution >= 4 is 45.0 Å². The number of anilines is 1. The van der Waals surface area contributed by atoms with Gasteiger partial charge in [-0.2, -0.15) is 13.2 Å². The molecule has 33 heavy (non-hydrogen) atoms. The van der Waals surface area contributed by atoms with Crippen molar-refractivity contribution in [2.75, 3.05) is 5.32 Å². The number of benzene rings is 2. The van der Waals surface area contributed by atoms with Gasteiger partial charge >= 0.3 is 6.18 Å². The van der Waals surface area contributed by atoms with Crippen molar-refractivity contribution in [3.05, 3.63) is 84.3 Å². The summed E-state index contributed by atoms with van der Waals surface area (Å²) in [6.07, 6.45) is -1.07. The smallest absolute Gasteiger partial charge is 0.322 e. The van der Waals surface area contributed by atoms with Gasteiger partial charge in [-0.05, 0) is 30.3 Å². The molecule has 0 bridgehead atoms. The number of fused-ring (bicyclic) bond motifs is 1. The monoisotopic (exact) mass is 468 g/mol. The van der Waals surface area contributed by atoms with Crippen molar-refractivity contribution in [3.8, 4) is 10.6 Å². The number of thiazole rings is 1. The number of quaternary nitrogens is 1. The van der Waals surface area contributed by atoms with Crippen LogP contribution in [0.2, 0.25) is 0 Å². The first kappa shape index (κ1) is 22.3. The van der Waals surface area contributed by atoms with Gasteiger partial charge in [-0.25, -0.2) is 4.98 Å². The third kappa shape index (κ3) is 5.13. The second-order valence-corrected chi connectivity index (χ2v) is 7.95. The van der Waals surface area contributed by atoms with Crippen LogP contribution in [0.5, 0.6) is 0 Å². The zero-order valence-corrected chi connectivity index (χ0v) is 17.7. The summed E-state index contributed by atoms with van der Waals surface area (Å²) in [6.45, 7) is 0. The lowest BCUT2D eigenvalue weighted by molar-refractivity contribution is -0.544. The molecule has 2 heterocycles. The van der Waals surface area contributed by atoms with E-state index in [1.54, 1.807) is 60.9 Å². The van der Waals surface area contributed by atoms with Crippen molar-refractivity contribution in [1.29, 1.82) is 5.41 Å². The number of halogens is 3. The number of rotatable bonds is 6. The summed E-state index contributed by atoms with van der Waals surface area (Å²) in [7, 11) is 0. The minimum absolute atomic E-state index is 0.268. The molecule has 4 rings (SSSR count). The highest BCUT2D eigenvalue weighted by Crippen LogP contribution is 2.31. The Morgan fingerprint density at radius 2 is 1.88 bits per heavy atom. The zero-order valence-electron chi connectivity index (χ0n) is 16.9. The standard InChI is InChI=1S/C23H16F3N5OS/c24-23(25,26)20(29-15-6-2-1-3-7-15)17(12-27)21(32)30-16-8-4-5-14(11-16)22-31-18-9-10-28-13-19(18)33-22/h1-13,27,29H,(H,30,32)/p+1/b20-17+,27-12?. The highest BCUT2D eigenvalue weighted by atomic mass is 32.1. The van der Waals surface area contributed by atoms with Gasteiger partial charge in [0.05, 0.1) is 10.2 Å². The molecule has 0 fully saturated rings. The van der Waals surface area contributed by atoms with Crippen LogP contribution in [0.4, 0.5) is 24.5 Å². The third-order valence-electron chi connectivity index (χ3n) is 4.65. The highest BCUT2D eigenvalue weighted by Gasteiger charge is 2.42. The number of para-hydroxylation sites is 1. The molecular weight excluding hydrogens is 451 g/mol. The molecule has 0 saturated heterocycles. The van der Waals surface area contributed by atoms with Gasteiger partial charge in [-0.3, -0.25) is 15.1 Å². The van der Waals surface area contributed by atoms with E-state index in [0.717, 1.165) is 15.5 Å². The maximum Gasteiger partial charge on any atom is 0.468 e. The van der Waals surface area contributed by atoms with E-state index in [2.05, 4.69) is 15.3 Å². The number of carbonyl (C=O) groups is 1. The Kier molecular flexibility index (Phi) is 6.29. The van der Waals surface area contributed by atoms with Gasteiger partial charge in [0, 0.05) is 29.9 Å². The van der Waals surface area contributed by atoms with E-state index in [0.29, 0.717) is 16.8 Å². The van der Waals surface area contributed by atoms with E-state index in [1.807, 2.05) is 0 Å². The fourth-order valence-electron chi connectivity index (χ4n) is 3.13. The van der Waals surface area contributed by atoms with Crippen molar-refractivity contribution in [2.45, 2.75) is 6.18 Å². The van der Waals surface area contributed by atoms with Crippen LogP contribution in [0.3, 0.4) is 0 Å². The number of allylic oxidation sites excluding steroid dienone is 1. The van der Waals surface area contributed by atoms with Crippen LogP contribution >= 0.6 is 11.3 Å². The summed E-state index contributed by atoms with van der Waals surface area (Å²) in [4.78, 5) is 21.3. The molecule has 0 aliphatic carbocycles. The lowest BCUT2D eigenvalue weighted by Gasteiger charge is -2.13. The van der Waals surface area contributed by atoms with Crippen LogP contribution in [0.1, 0.15) is 0 Å². The minimum atomic E-state index is -4.82. The molecule has 2 aromatic heterocycles. The molecule has 0 spiro atoms. The molecule has 0 radical (unpaired) electrons. The minimum Gasteiger partial charge on any atom is -0.322 e. The summed E-state index contributed by atoms with van der Waals surface area (Å²) in [5.74, 6) is -1.03. The Morgan fingerprint density at radius 3 is 2.58 bits per heavy atom. The van der Waals surface area contributed by atoms with Crippen molar-refractivity contribution in [3.63, 3.8) is 0 Å². The average molecular weight is 468 g/mol. The molecule has 2 aromatic carbocycles. The van der Waals surface area contributed by atoms with Gasteiger partial charge < -0.3 is 10.7 Å². The number of carbonyl (C=O) groups excluding carboxylic acids is 1. The molecule has 4 aromatic rings. The summed E-state index contributed by atoms with van der Waals surface area (Å²) in [6, 6.07) is 16.3. The molecule has 6 nitrogen and oxygen atoms in total. The Balaban J connectivity index is 1.64. The topological polar surface area (TPSA) is 95.3 Å². The molecule has 4 N–H and O–H groups in total. The van der Waals surface area contributed by atoms with Crippen LogP contribution in [-0.4, -0.2) is 28.3 Å². The highest BCUT2D eigenvalue weighted by molar-refractivity contribution is 7.21. The molecular formula is C23H17F3N5OS+. The molecule has 166 valence electrons. The van der Waals surface area contributed by atoms with E-state index in [1.165, 1.54) is 23.5 Å². The summed E-state index contributed by atoms with van der Waals surface area (Å²) in [5.41, 5.74) is 0.0413. The van der Waals surface area contributed by atoms with Gasteiger partial charge in [0.15, 0.2) is 0 Å². The Hall–Kier alpha value is -3.89. The number of nitrogens with zero attached hydrogens (tertiary/aromatic N) is 2. The number of pyridine rings is 1. The second-order valence-electron chi connectivity index (χ2n) is 6.92. The summed E-state index contributed by atoms with van der Waals surface area (Å²) < 4.78 is 42.1. The quantitative estimate of drug-likeness (QED) is 0.218. The Bertz CT molecular complexity index is 1320. The number of hydrogen-bond donors (Lipinski definition) is 3. The van der Waals surface area contributed by atoms with Crippen LogP contribution < -0.4 is 10.6 Å². The first-order valence-electron chi connectivity index (χ1n) is 9.69. The van der Waals surface area contributed by atoms with Crippen LogP contribution in [0.25, 0.3) is 20.8 Å². The lowest BCUT2D eigenvalue weighted by Crippen LogP contribution is -2.79. The first-order valence-corrected chi connectivity index (χ1v) is 10.5. The molecule has 10 heteroatoms. The SMILES string of the molecule is N=C/C(C(=O)Nc1cccc(-c2nc3ccncc3s2)c1)=C(\[NH2+]c1ccccc1)C(F)(F)F. The lowest BCUT2D eigenvalue weighted by atomic mass is 10.1. The maximum atomic E-state index is 13.7. The van der Waals surface area contributed by atoms with Gasteiger partial charge in [-0.1, -0.05) is 30.3 Å². The number of nitrogens with one attached hydrogen (secondary N) is 2. The average Bonchev–Trinajstić information content (AvgIpc) is 3.24. The predicted octanol–water partition coefficient (Wildman–Crippen LogP) is 4.66. The summed E-state index contributed by atoms with van der Waals surface area (Å²) in [5, 5.41) is 11.5. The Labute approximate surface area is 190 Å². The van der Waals surface area contributed by atoms with Crippen LogP contribution in [-0.2, 0) is 4.79 Å². The Morgan fingerprint density at radius 1 is 1.09 bits per heavy atom. The predicted molar refractivity (Wildman–Crippen MR) is 121 cm³/mol. The molecule has 0 saturated carbocycles. The maximum absolute atomic E-state index is 13.7. The molecule has 0 aliphatic heterocycles. The second kappa shape index (κ2) is 9.31.